The van der Waals surface area contributed by atoms with E-state index in [9.17, 15) is 9.59 Å². The van der Waals surface area contributed by atoms with Crippen molar-refractivity contribution < 1.29 is 24.2 Å². The summed E-state index contributed by atoms with van der Waals surface area (Å²) in [6.45, 7) is 4.61. The smallest absolute Gasteiger partial charge is 0.304 e. The Morgan fingerprint density at radius 1 is 1.00 bits per heavy atom. The Labute approximate surface area is 205 Å². The van der Waals surface area contributed by atoms with Crippen molar-refractivity contribution in [2.75, 3.05) is 37.0 Å². The quantitative estimate of drug-likeness (QED) is 0.246. The fourth-order valence-corrected chi connectivity index (χ4v) is 4.02. The van der Waals surface area contributed by atoms with Crippen molar-refractivity contribution in [3.05, 3.63) is 48.0 Å². The summed E-state index contributed by atoms with van der Waals surface area (Å²) in [5.41, 5.74) is 2.13. The lowest BCUT2D eigenvalue weighted by molar-refractivity contribution is -0.136. The number of carboxylic acids is 1. The number of ether oxygens (including phenoxy) is 2. The van der Waals surface area contributed by atoms with Gasteiger partial charge in [-0.1, -0.05) is 26.0 Å². The Morgan fingerprint density at radius 2 is 1.70 bits per heavy atom. The minimum atomic E-state index is -0.839. The molecule has 0 saturated carbocycles. The molecule has 0 aliphatic carbocycles. The molecule has 1 amide bonds. The van der Waals surface area contributed by atoms with E-state index in [1.807, 2.05) is 32.0 Å². The second-order valence-corrected chi connectivity index (χ2v) is 8.55. The van der Waals surface area contributed by atoms with Crippen molar-refractivity contribution in [2.45, 2.75) is 38.0 Å². The first kappa shape index (κ1) is 28.5. The van der Waals surface area contributed by atoms with Crippen molar-refractivity contribution >= 4 is 41.3 Å². The Kier molecular flexibility index (Phi) is 14.7. The summed E-state index contributed by atoms with van der Waals surface area (Å²) >= 11 is 2.85. The lowest BCUT2D eigenvalue weighted by Gasteiger charge is -2.11. The average Bonchev–Trinajstić information content (AvgIpc) is 2.84. The molecule has 0 radical (unpaired) electrons. The van der Waals surface area contributed by atoms with Gasteiger partial charge in [-0.2, -0.15) is 11.8 Å². The number of aryl methyl sites for hydroxylation is 1. The van der Waals surface area contributed by atoms with Gasteiger partial charge in [0.05, 0.1) is 26.4 Å². The zero-order valence-corrected chi connectivity index (χ0v) is 21.3. The van der Waals surface area contributed by atoms with Crippen molar-refractivity contribution in [3.8, 4) is 11.5 Å². The van der Waals surface area contributed by atoms with Gasteiger partial charge in [0.1, 0.15) is 0 Å². The van der Waals surface area contributed by atoms with Gasteiger partial charge in [-0.3, -0.25) is 9.59 Å². The van der Waals surface area contributed by atoms with E-state index < -0.39 is 5.97 Å². The van der Waals surface area contributed by atoms with E-state index in [0.29, 0.717) is 29.5 Å². The van der Waals surface area contributed by atoms with Crippen LogP contribution in [0.3, 0.4) is 0 Å². The van der Waals surface area contributed by atoms with Gasteiger partial charge in [-0.05, 0) is 54.6 Å². The second-order valence-electron chi connectivity index (χ2n) is 6.57. The number of carbonyl (C=O) groups is 2. The summed E-state index contributed by atoms with van der Waals surface area (Å²) < 4.78 is 13.9. The molecule has 33 heavy (non-hydrogen) atoms. The van der Waals surface area contributed by atoms with Gasteiger partial charge in [0.25, 0.3) is 0 Å². The van der Waals surface area contributed by atoms with Gasteiger partial charge in [-0.25, -0.2) is 0 Å². The summed E-state index contributed by atoms with van der Waals surface area (Å²) in [5.74, 6) is 1.22. The average molecular weight is 495 g/mol. The molecule has 9 heteroatoms. The maximum atomic E-state index is 11.7. The third kappa shape index (κ3) is 11.8. The number of anilines is 1. The number of aliphatic carboxylic acids is 1. The lowest BCUT2D eigenvalue weighted by Crippen LogP contribution is -2.26. The van der Waals surface area contributed by atoms with E-state index >= 15 is 0 Å². The van der Waals surface area contributed by atoms with Crippen LogP contribution < -0.4 is 19.5 Å². The molecular weight excluding hydrogens is 460 g/mol. The largest absolute Gasteiger partial charge is 0.493 e. The molecular formula is C24H34N2O5S2. The summed E-state index contributed by atoms with van der Waals surface area (Å²) in [5, 5.41) is 11.4. The summed E-state index contributed by atoms with van der Waals surface area (Å²) in [7, 11) is 3.22. The van der Waals surface area contributed by atoms with Crippen LogP contribution in [0.4, 0.5) is 5.69 Å². The molecule has 0 aliphatic heterocycles. The Balaban J connectivity index is 0.00000265. The minimum Gasteiger partial charge on any atom is -0.493 e. The van der Waals surface area contributed by atoms with E-state index in [1.54, 1.807) is 14.2 Å². The van der Waals surface area contributed by atoms with Crippen LogP contribution in [0.1, 0.15) is 32.3 Å². The highest BCUT2D eigenvalue weighted by atomic mass is 32.2. The van der Waals surface area contributed by atoms with E-state index in [1.165, 1.54) is 29.3 Å². The molecule has 0 unspecified atom stereocenters. The number of thioether (sulfide) groups is 1. The molecule has 182 valence electrons. The van der Waals surface area contributed by atoms with Crippen LogP contribution in [0.15, 0.2) is 47.4 Å². The van der Waals surface area contributed by atoms with E-state index in [0.717, 1.165) is 23.4 Å². The SMILES string of the molecule is CC.COc1ccc(NSc2ccc(CCCNC(=O)CSCCC(=O)O)cc2)cc1OC. The summed E-state index contributed by atoms with van der Waals surface area (Å²) in [6.07, 6.45) is 1.80. The molecule has 2 aromatic rings. The Bertz CT molecular complexity index is 847. The molecule has 0 atom stereocenters. The standard InChI is InChI=1S/C22H28N2O5S2.C2H6/c1-28-19-10-7-17(14-20(19)29-2)24-31-18-8-5-16(6-9-18)4-3-12-23-21(25)15-30-13-11-22(26)27;1-2/h5-10,14,24H,3-4,11-13,15H2,1-2H3,(H,23,25)(H,26,27);1-2H3. The van der Waals surface area contributed by atoms with Crippen LogP contribution in [0.25, 0.3) is 0 Å². The number of rotatable bonds is 14. The topological polar surface area (TPSA) is 96.9 Å². The third-order valence-corrected chi connectivity index (χ3v) is 6.06. The van der Waals surface area contributed by atoms with Crippen LogP contribution >= 0.6 is 23.7 Å². The van der Waals surface area contributed by atoms with Crippen LogP contribution in [-0.2, 0) is 16.0 Å². The van der Waals surface area contributed by atoms with Crippen LogP contribution in [0, 0.1) is 0 Å². The minimum absolute atomic E-state index is 0.0524. The molecule has 2 aromatic carbocycles. The number of methoxy groups -OCH3 is 2. The number of carboxylic acid groups (broad SMARTS) is 1. The first-order valence-electron chi connectivity index (χ1n) is 10.8. The highest BCUT2D eigenvalue weighted by Crippen LogP contribution is 2.31. The van der Waals surface area contributed by atoms with Gasteiger partial charge in [0, 0.05) is 28.9 Å². The van der Waals surface area contributed by atoms with Crippen molar-refractivity contribution in [3.63, 3.8) is 0 Å². The molecule has 0 heterocycles. The molecule has 0 fully saturated rings. The first-order valence-corrected chi connectivity index (χ1v) is 12.8. The zero-order chi connectivity index (χ0) is 24.5. The van der Waals surface area contributed by atoms with Crippen LogP contribution in [0.2, 0.25) is 0 Å². The van der Waals surface area contributed by atoms with Gasteiger partial charge < -0.3 is 24.6 Å². The predicted octanol–water partition coefficient (Wildman–Crippen LogP) is 5.11. The molecule has 0 aliphatic rings. The Morgan fingerprint density at radius 3 is 2.33 bits per heavy atom. The van der Waals surface area contributed by atoms with Gasteiger partial charge in [-0.15, -0.1) is 0 Å². The van der Waals surface area contributed by atoms with Crippen LogP contribution in [-0.4, -0.2) is 49.3 Å². The normalized spacial score (nSPS) is 9.94. The lowest BCUT2D eigenvalue weighted by atomic mass is 10.1. The van der Waals surface area contributed by atoms with E-state index in [2.05, 4.69) is 34.3 Å². The fourth-order valence-electron chi connectivity index (χ4n) is 2.64. The molecule has 0 spiro atoms. The molecule has 0 aromatic heterocycles. The van der Waals surface area contributed by atoms with Crippen molar-refractivity contribution in [1.82, 2.24) is 5.32 Å². The zero-order valence-electron chi connectivity index (χ0n) is 19.7. The number of amides is 1. The van der Waals surface area contributed by atoms with E-state index in [4.69, 9.17) is 14.6 Å². The maximum absolute atomic E-state index is 11.7. The summed E-state index contributed by atoms with van der Waals surface area (Å²) in [6, 6.07) is 14.0. The highest BCUT2D eigenvalue weighted by molar-refractivity contribution is 8.00. The fraction of sp³-hybridized carbons (Fsp3) is 0.417. The number of benzene rings is 2. The number of nitrogens with one attached hydrogen (secondary N) is 2. The molecule has 0 bridgehead atoms. The Hall–Kier alpha value is -2.52. The van der Waals surface area contributed by atoms with Gasteiger partial charge >= 0.3 is 5.97 Å². The van der Waals surface area contributed by atoms with Crippen molar-refractivity contribution in [1.29, 1.82) is 0 Å². The molecule has 2 rings (SSSR count). The number of hydrogen-bond donors (Lipinski definition) is 3. The van der Waals surface area contributed by atoms with Crippen LogP contribution in [0.5, 0.6) is 11.5 Å². The second kappa shape index (κ2) is 17.0. The molecule has 7 nitrogen and oxygen atoms in total. The number of hydrogen-bond acceptors (Lipinski definition) is 7. The number of carbonyl (C=O) groups excluding carboxylic acids is 1. The van der Waals surface area contributed by atoms with Crippen molar-refractivity contribution in [2.24, 2.45) is 0 Å². The maximum Gasteiger partial charge on any atom is 0.304 e. The third-order valence-electron chi connectivity index (χ3n) is 4.25. The van der Waals surface area contributed by atoms with Gasteiger partial charge in [0.15, 0.2) is 11.5 Å². The predicted molar refractivity (Wildman–Crippen MR) is 138 cm³/mol. The molecule has 3 N–H and O–H groups in total. The summed E-state index contributed by atoms with van der Waals surface area (Å²) in [4.78, 5) is 23.2. The first-order chi connectivity index (χ1) is 16.0. The molecule has 0 saturated heterocycles. The van der Waals surface area contributed by atoms with E-state index in [-0.39, 0.29) is 12.3 Å². The van der Waals surface area contributed by atoms with Gasteiger partial charge in [0.2, 0.25) is 5.91 Å². The monoisotopic (exact) mass is 494 g/mol. The highest BCUT2D eigenvalue weighted by Gasteiger charge is 2.05.